The molecule has 3 aromatic heterocycles. The van der Waals surface area contributed by atoms with Crippen molar-refractivity contribution < 1.29 is 17.9 Å². The second-order valence-electron chi connectivity index (χ2n) is 8.07. The highest BCUT2D eigenvalue weighted by Crippen LogP contribution is 2.40. The van der Waals surface area contributed by atoms with Gasteiger partial charge in [0.05, 0.1) is 22.6 Å². The minimum Gasteiger partial charge on any atom is -0.478 e. The SMILES string of the molecule is CC(Oc1c(N)ncc2c(-c3cnn(C4CCNCC4)c3)coc12)c1c(F)ccc(F)c1Cl. The van der Waals surface area contributed by atoms with Gasteiger partial charge in [0.1, 0.15) is 24.0 Å². The Hall–Kier alpha value is -3.17. The molecule has 4 heterocycles. The van der Waals surface area contributed by atoms with Crippen LogP contribution in [-0.2, 0) is 0 Å². The van der Waals surface area contributed by atoms with Crippen molar-refractivity contribution in [1.29, 1.82) is 0 Å². The van der Waals surface area contributed by atoms with Crippen molar-refractivity contribution in [2.75, 3.05) is 18.8 Å². The summed E-state index contributed by atoms with van der Waals surface area (Å²) < 4.78 is 42.0. The van der Waals surface area contributed by atoms with Gasteiger partial charge in [0.25, 0.3) is 0 Å². The number of piperidine rings is 1. The number of nitrogens with zero attached hydrogens (tertiary/aromatic N) is 3. The van der Waals surface area contributed by atoms with Crippen LogP contribution in [0, 0.1) is 11.6 Å². The molecule has 33 heavy (non-hydrogen) atoms. The molecule has 0 radical (unpaired) electrons. The zero-order chi connectivity index (χ0) is 23.1. The first-order valence-electron chi connectivity index (χ1n) is 10.6. The van der Waals surface area contributed by atoms with Gasteiger partial charge in [-0.3, -0.25) is 4.68 Å². The van der Waals surface area contributed by atoms with Crippen LogP contribution >= 0.6 is 11.6 Å². The predicted octanol–water partition coefficient (Wildman–Crippen LogP) is 5.27. The van der Waals surface area contributed by atoms with E-state index in [-0.39, 0.29) is 22.2 Å². The summed E-state index contributed by atoms with van der Waals surface area (Å²) in [6.45, 7) is 3.48. The van der Waals surface area contributed by atoms with Crippen LogP contribution in [0.3, 0.4) is 0 Å². The molecule has 1 unspecified atom stereocenters. The summed E-state index contributed by atoms with van der Waals surface area (Å²) >= 11 is 5.99. The molecule has 0 amide bonds. The van der Waals surface area contributed by atoms with E-state index in [0.29, 0.717) is 17.0 Å². The molecule has 0 saturated carbocycles. The van der Waals surface area contributed by atoms with Crippen LogP contribution in [0.2, 0.25) is 5.02 Å². The van der Waals surface area contributed by atoms with Crippen molar-refractivity contribution in [1.82, 2.24) is 20.1 Å². The Kier molecular flexibility index (Phi) is 5.67. The molecule has 1 fully saturated rings. The lowest BCUT2D eigenvalue weighted by Crippen LogP contribution is -2.29. The number of nitrogens with two attached hydrogens (primary N) is 1. The Morgan fingerprint density at radius 2 is 2.00 bits per heavy atom. The van der Waals surface area contributed by atoms with Crippen molar-refractivity contribution >= 4 is 28.4 Å². The molecule has 1 aromatic carbocycles. The third kappa shape index (κ3) is 3.91. The number of furan rings is 1. The van der Waals surface area contributed by atoms with Gasteiger partial charge in [0, 0.05) is 29.1 Å². The number of nitrogens with one attached hydrogen (secondary N) is 1. The molecule has 4 aromatic rings. The van der Waals surface area contributed by atoms with Crippen LogP contribution in [0.5, 0.6) is 5.75 Å². The largest absolute Gasteiger partial charge is 0.478 e. The lowest BCUT2D eigenvalue weighted by Gasteiger charge is -2.22. The van der Waals surface area contributed by atoms with E-state index in [1.807, 2.05) is 10.9 Å². The lowest BCUT2D eigenvalue weighted by molar-refractivity contribution is 0.221. The Bertz CT molecular complexity index is 1320. The molecular weight excluding hydrogens is 452 g/mol. The third-order valence-corrected chi connectivity index (χ3v) is 6.36. The number of halogens is 3. The number of pyridine rings is 1. The fraction of sp³-hybridized carbons (Fsp3) is 0.304. The zero-order valence-electron chi connectivity index (χ0n) is 17.8. The van der Waals surface area contributed by atoms with E-state index in [2.05, 4.69) is 15.4 Å². The summed E-state index contributed by atoms with van der Waals surface area (Å²) in [6, 6.07) is 2.31. The maximum absolute atomic E-state index is 14.4. The maximum Gasteiger partial charge on any atom is 0.205 e. The quantitative estimate of drug-likeness (QED) is 0.384. The molecule has 0 bridgehead atoms. The summed E-state index contributed by atoms with van der Waals surface area (Å²) in [7, 11) is 0. The second kappa shape index (κ2) is 8.64. The van der Waals surface area contributed by atoms with E-state index in [1.165, 1.54) is 0 Å². The predicted molar refractivity (Wildman–Crippen MR) is 121 cm³/mol. The summed E-state index contributed by atoms with van der Waals surface area (Å²) in [5, 5.41) is 8.21. The van der Waals surface area contributed by atoms with Crippen molar-refractivity contribution in [3.8, 4) is 16.9 Å². The van der Waals surface area contributed by atoms with Crippen LogP contribution in [0.15, 0.2) is 41.4 Å². The van der Waals surface area contributed by atoms with Crippen LogP contribution in [-0.4, -0.2) is 27.9 Å². The molecule has 0 aliphatic carbocycles. The van der Waals surface area contributed by atoms with Gasteiger partial charge in [-0.05, 0) is 45.0 Å². The van der Waals surface area contributed by atoms with E-state index in [1.54, 1.807) is 25.6 Å². The number of nitrogen functional groups attached to an aromatic ring is 1. The number of ether oxygens (including phenoxy) is 1. The first kappa shape index (κ1) is 21.7. The van der Waals surface area contributed by atoms with E-state index in [9.17, 15) is 8.78 Å². The number of anilines is 1. The van der Waals surface area contributed by atoms with Crippen LogP contribution in [0.4, 0.5) is 14.6 Å². The number of rotatable bonds is 5. The lowest BCUT2D eigenvalue weighted by atomic mass is 10.1. The second-order valence-corrected chi connectivity index (χ2v) is 8.45. The van der Waals surface area contributed by atoms with Crippen LogP contribution in [0.25, 0.3) is 22.1 Å². The average molecular weight is 474 g/mol. The van der Waals surface area contributed by atoms with Crippen molar-refractivity contribution in [2.24, 2.45) is 0 Å². The van der Waals surface area contributed by atoms with Crippen LogP contribution < -0.4 is 15.8 Å². The monoisotopic (exact) mass is 473 g/mol. The molecule has 1 saturated heterocycles. The molecule has 0 spiro atoms. The average Bonchev–Trinajstić information content (AvgIpc) is 3.46. The van der Waals surface area contributed by atoms with E-state index >= 15 is 0 Å². The Morgan fingerprint density at radius 1 is 1.24 bits per heavy atom. The summed E-state index contributed by atoms with van der Waals surface area (Å²) in [4.78, 5) is 4.23. The number of benzene rings is 1. The molecule has 10 heteroatoms. The van der Waals surface area contributed by atoms with Crippen LogP contribution in [0.1, 0.15) is 37.5 Å². The van der Waals surface area contributed by atoms with Crippen molar-refractivity contribution in [3.63, 3.8) is 0 Å². The Balaban J connectivity index is 1.49. The first-order valence-corrected chi connectivity index (χ1v) is 11.0. The smallest absolute Gasteiger partial charge is 0.205 e. The highest BCUT2D eigenvalue weighted by atomic mass is 35.5. The van der Waals surface area contributed by atoms with Gasteiger partial charge in [-0.25, -0.2) is 13.8 Å². The fourth-order valence-electron chi connectivity index (χ4n) is 4.22. The topological polar surface area (TPSA) is 91.1 Å². The molecule has 1 aliphatic rings. The molecule has 1 aliphatic heterocycles. The molecule has 7 nitrogen and oxygen atoms in total. The van der Waals surface area contributed by atoms with Gasteiger partial charge in [-0.1, -0.05) is 11.6 Å². The molecule has 5 rings (SSSR count). The van der Waals surface area contributed by atoms with Gasteiger partial charge in [0.15, 0.2) is 11.4 Å². The van der Waals surface area contributed by atoms with Gasteiger partial charge >= 0.3 is 0 Å². The standard InChI is InChI=1S/C23H22ClF2N5O2/c1-12(19-17(25)2-3-18(26)20(19)24)33-22-21-15(9-29-23(22)27)16(11-32-21)13-8-30-31(10-13)14-4-6-28-7-5-14/h2-3,8-12,14,28H,4-7H2,1H3,(H2,27,29). The summed E-state index contributed by atoms with van der Waals surface area (Å²) in [5.74, 6) is -1.22. The third-order valence-electron chi connectivity index (χ3n) is 5.98. The first-order chi connectivity index (χ1) is 15.9. The number of aromatic nitrogens is 3. The zero-order valence-corrected chi connectivity index (χ0v) is 18.6. The summed E-state index contributed by atoms with van der Waals surface area (Å²) in [5.41, 5.74) is 7.95. The Labute approximate surface area is 193 Å². The van der Waals surface area contributed by atoms with E-state index < -0.39 is 17.7 Å². The van der Waals surface area contributed by atoms with Gasteiger partial charge in [0.2, 0.25) is 5.75 Å². The van der Waals surface area contributed by atoms with Crippen molar-refractivity contribution in [3.05, 3.63) is 59.2 Å². The number of hydrogen-bond acceptors (Lipinski definition) is 6. The molecular formula is C23H22ClF2N5O2. The van der Waals surface area contributed by atoms with Gasteiger partial charge in [-0.2, -0.15) is 5.10 Å². The molecule has 172 valence electrons. The van der Waals surface area contributed by atoms with E-state index in [0.717, 1.165) is 49.2 Å². The molecule has 1 atom stereocenters. The normalized spacial score (nSPS) is 15.8. The van der Waals surface area contributed by atoms with Gasteiger partial charge in [-0.15, -0.1) is 0 Å². The highest BCUT2D eigenvalue weighted by molar-refractivity contribution is 6.31. The molecule has 3 N–H and O–H groups in total. The fourth-order valence-corrected chi connectivity index (χ4v) is 4.52. The Morgan fingerprint density at radius 3 is 2.79 bits per heavy atom. The highest BCUT2D eigenvalue weighted by Gasteiger charge is 2.24. The van der Waals surface area contributed by atoms with E-state index in [4.69, 9.17) is 26.5 Å². The van der Waals surface area contributed by atoms with Crippen molar-refractivity contribution in [2.45, 2.75) is 31.9 Å². The minimum atomic E-state index is -0.945. The maximum atomic E-state index is 14.4. The summed E-state index contributed by atoms with van der Waals surface area (Å²) in [6.07, 6.45) is 8.04. The number of fused-ring (bicyclic) bond motifs is 1. The number of hydrogen-bond donors (Lipinski definition) is 2. The minimum absolute atomic E-state index is 0.0635. The van der Waals surface area contributed by atoms with Gasteiger partial charge < -0.3 is 20.2 Å².